The summed E-state index contributed by atoms with van der Waals surface area (Å²) in [7, 11) is 1.98. The van der Waals surface area contributed by atoms with Crippen LogP contribution in [0.1, 0.15) is 25.3 Å². The molecule has 1 aliphatic heterocycles. The second kappa shape index (κ2) is 8.65. The number of likely N-dealkylation sites (tertiary alicyclic amines) is 1. The molecule has 0 spiro atoms. The largest absolute Gasteiger partial charge is 0.352 e. The van der Waals surface area contributed by atoms with E-state index in [1.807, 2.05) is 25.2 Å². The van der Waals surface area contributed by atoms with Crippen molar-refractivity contribution in [3.05, 3.63) is 34.3 Å². The number of rotatable bonds is 6. The van der Waals surface area contributed by atoms with E-state index in [1.165, 1.54) is 5.56 Å². The highest BCUT2D eigenvalue weighted by Gasteiger charge is 2.20. The topological polar surface area (TPSA) is 35.6 Å². The molecule has 1 aliphatic rings. The Hall–Kier alpha value is -0.910. The van der Waals surface area contributed by atoms with Crippen LogP contribution in [0.4, 0.5) is 0 Å². The van der Waals surface area contributed by atoms with E-state index in [1.54, 1.807) is 0 Å². The summed E-state index contributed by atoms with van der Waals surface area (Å²) in [4.78, 5) is 16.7. The molecule has 2 rings (SSSR count). The van der Waals surface area contributed by atoms with Crippen molar-refractivity contribution in [2.24, 2.45) is 0 Å². The quantitative estimate of drug-likeness (QED) is 0.838. The molecule has 1 N–H and O–H groups in total. The van der Waals surface area contributed by atoms with Crippen molar-refractivity contribution in [2.75, 3.05) is 33.2 Å². The summed E-state index contributed by atoms with van der Waals surface area (Å²) in [5.41, 5.74) is 1.20. The van der Waals surface area contributed by atoms with Gasteiger partial charge in [-0.25, -0.2) is 0 Å². The van der Waals surface area contributed by atoms with E-state index in [-0.39, 0.29) is 5.91 Å². The van der Waals surface area contributed by atoms with Gasteiger partial charge in [0.05, 0.1) is 6.54 Å². The summed E-state index contributed by atoms with van der Waals surface area (Å²) in [6, 6.07) is 8.48. The molecule has 1 heterocycles. The molecular weight excluding hydrogens is 342 g/mol. The molecule has 22 heavy (non-hydrogen) atoms. The van der Waals surface area contributed by atoms with Crippen LogP contribution in [-0.2, 0) is 11.3 Å². The Morgan fingerprint density at radius 3 is 2.68 bits per heavy atom. The summed E-state index contributed by atoms with van der Waals surface area (Å²) < 4.78 is 1.09. The lowest BCUT2D eigenvalue weighted by Gasteiger charge is -2.31. The molecule has 1 amide bonds. The Morgan fingerprint density at radius 2 is 2.05 bits per heavy atom. The molecule has 1 aromatic carbocycles. The van der Waals surface area contributed by atoms with E-state index in [2.05, 4.69) is 44.0 Å². The van der Waals surface area contributed by atoms with Crippen molar-refractivity contribution in [1.82, 2.24) is 15.1 Å². The van der Waals surface area contributed by atoms with Gasteiger partial charge in [-0.3, -0.25) is 9.69 Å². The molecule has 1 aromatic rings. The smallest absolute Gasteiger partial charge is 0.234 e. The Labute approximate surface area is 142 Å². The molecule has 0 atom stereocenters. The highest BCUT2D eigenvalue weighted by Crippen LogP contribution is 2.17. The minimum Gasteiger partial charge on any atom is -0.352 e. The first-order valence-corrected chi connectivity index (χ1v) is 8.81. The summed E-state index contributed by atoms with van der Waals surface area (Å²) in [5.74, 6) is 0.129. The number of likely N-dealkylation sites (N-methyl/N-ethyl adjacent to an activating group) is 1. The highest BCUT2D eigenvalue weighted by atomic mass is 79.9. The van der Waals surface area contributed by atoms with Gasteiger partial charge >= 0.3 is 0 Å². The first-order valence-electron chi connectivity index (χ1n) is 8.02. The summed E-state index contributed by atoms with van der Waals surface area (Å²) in [5, 5.41) is 3.18. The maximum absolute atomic E-state index is 12.2. The zero-order valence-corrected chi connectivity index (χ0v) is 15.1. The molecule has 5 heteroatoms. The third-order valence-electron chi connectivity index (χ3n) is 4.21. The van der Waals surface area contributed by atoms with Crippen LogP contribution in [0.5, 0.6) is 0 Å². The normalized spacial score (nSPS) is 16.9. The summed E-state index contributed by atoms with van der Waals surface area (Å²) >= 11 is 3.55. The van der Waals surface area contributed by atoms with Crippen molar-refractivity contribution >= 4 is 21.8 Å². The first kappa shape index (κ1) is 17.4. The second-order valence-electron chi connectivity index (χ2n) is 6.04. The first-order chi connectivity index (χ1) is 10.6. The van der Waals surface area contributed by atoms with Crippen molar-refractivity contribution in [2.45, 2.75) is 32.4 Å². The van der Waals surface area contributed by atoms with Crippen LogP contribution in [-0.4, -0.2) is 55.0 Å². The number of amides is 1. The minimum atomic E-state index is 0.129. The van der Waals surface area contributed by atoms with Gasteiger partial charge in [-0.15, -0.1) is 0 Å². The molecule has 0 bridgehead atoms. The molecular formula is C17H26BrN3O. The summed E-state index contributed by atoms with van der Waals surface area (Å²) in [6.45, 7) is 6.69. The van der Waals surface area contributed by atoms with E-state index in [4.69, 9.17) is 0 Å². The maximum atomic E-state index is 12.2. The van der Waals surface area contributed by atoms with Gasteiger partial charge in [0.1, 0.15) is 0 Å². The molecule has 4 nitrogen and oxygen atoms in total. The fourth-order valence-electron chi connectivity index (χ4n) is 2.89. The van der Waals surface area contributed by atoms with Gasteiger partial charge in [0.25, 0.3) is 0 Å². The van der Waals surface area contributed by atoms with Crippen LogP contribution in [0, 0.1) is 0 Å². The molecule has 0 aliphatic carbocycles. The van der Waals surface area contributed by atoms with Crippen molar-refractivity contribution in [1.29, 1.82) is 0 Å². The minimum absolute atomic E-state index is 0.129. The monoisotopic (exact) mass is 367 g/mol. The lowest BCUT2D eigenvalue weighted by Crippen LogP contribution is -2.46. The summed E-state index contributed by atoms with van der Waals surface area (Å²) in [6.07, 6.45) is 2.13. The zero-order valence-electron chi connectivity index (χ0n) is 13.5. The number of hydrogen-bond acceptors (Lipinski definition) is 3. The average Bonchev–Trinajstić information content (AvgIpc) is 2.50. The lowest BCUT2D eigenvalue weighted by molar-refractivity contribution is -0.123. The highest BCUT2D eigenvalue weighted by molar-refractivity contribution is 9.10. The van der Waals surface area contributed by atoms with Crippen molar-refractivity contribution in [3.8, 4) is 0 Å². The van der Waals surface area contributed by atoms with E-state index < -0.39 is 0 Å². The van der Waals surface area contributed by atoms with Crippen molar-refractivity contribution < 1.29 is 4.79 Å². The predicted octanol–water partition coefficient (Wildman–Crippen LogP) is 2.48. The van der Waals surface area contributed by atoms with Gasteiger partial charge < -0.3 is 10.2 Å². The predicted molar refractivity (Wildman–Crippen MR) is 93.8 cm³/mol. The number of hydrogen-bond donors (Lipinski definition) is 1. The van der Waals surface area contributed by atoms with Crippen LogP contribution in [0.25, 0.3) is 0 Å². The van der Waals surface area contributed by atoms with Gasteiger partial charge in [-0.1, -0.05) is 41.1 Å². The van der Waals surface area contributed by atoms with Crippen LogP contribution < -0.4 is 5.32 Å². The molecule has 1 saturated heterocycles. The van der Waals surface area contributed by atoms with Crippen LogP contribution in [0.2, 0.25) is 0 Å². The van der Waals surface area contributed by atoms with Gasteiger partial charge in [0.15, 0.2) is 0 Å². The second-order valence-corrected chi connectivity index (χ2v) is 6.89. The fourth-order valence-corrected chi connectivity index (χ4v) is 3.30. The van der Waals surface area contributed by atoms with E-state index in [0.717, 1.165) is 43.5 Å². The fraction of sp³-hybridized carbons (Fsp3) is 0.588. The van der Waals surface area contributed by atoms with E-state index in [9.17, 15) is 4.79 Å². The molecule has 0 saturated carbocycles. The molecule has 0 radical (unpaired) electrons. The molecule has 1 fully saturated rings. The van der Waals surface area contributed by atoms with Crippen LogP contribution in [0.15, 0.2) is 28.7 Å². The molecule has 0 unspecified atom stereocenters. The number of benzene rings is 1. The van der Waals surface area contributed by atoms with E-state index in [0.29, 0.717) is 12.6 Å². The van der Waals surface area contributed by atoms with Gasteiger partial charge in [0, 0.05) is 30.1 Å². The number of carbonyl (C=O) groups is 1. The molecule has 0 aromatic heterocycles. The van der Waals surface area contributed by atoms with Gasteiger partial charge in [-0.05, 0) is 38.1 Å². The Balaban J connectivity index is 1.74. The zero-order chi connectivity index (χ0) is 15.9. The van der Waals surface area contributed by atoms with Gasteiger partial charge in [-0.2, -0.15) is 0 Å². The van der Waals surface area contributed by atoms with Crippen molar-refractivity contribution in [3.63, 3.8) is 0 Å². The lowest BCUT2D eigenvalue weighted by atomic mass is 10.1. The third-order valence-corrected chi connectivity index (χ3v) is 4.99. The van der Waals surface area contributed by atoms with E-state index >= 15 is 0 Å². The van der Waals surface area contributed by atoms with Crippen LogP contribution in [0.3, 0.4) is 0 Å². The van der Waals surface area contributed by atoms with Gasteiger partial charge in [0.2, 0.25) is 5.91 Å². The number of nitrogens with zero attached hydrogens (tertiary/aromatic N) is 2. The maximum Gasteiger partial charge on any atom is 0.234 e. The Kier molecular flexibility index (Phi) is 6.86. The number of carbonyl (C=O) groups excluding carboxylic acids is 1. The standard InChI is InChI=1S/C17H26BrN3O/c1-3-21-10-8-15(9-11-21)19-17(22)13-20(2)12-14-6-4-5-7-16(14)18/h4-7,15H,3,8-13H2,1-2H3,(H,19,22). The number of halogens is 1. The Bertz CT molecular complexity index is 487. The number of nitrogens with one attached hydrogen (secondary N) is 1. The third kappa shape index (κ3) is 5.38. The van der Waals surface area contributed by atoms with Crippen LogP contribution >= 0.6 is 15.9 Å². The molecule has 122 valence electrons. The average molecular weight is 368 g/mol. The Morgan fingerprint density at radius 1 is 1.36 bits per heavy atom. The SMILES string of the molecule is CCN1CCC(NC(=O)CN(C)Cc2ccccc2Br)CC1. The number of piperidine rings is 1.